The Kier molecular flexibility index (Phi) is 9.08. The molecule has 0 aliphatic rings. The summed E-state index contributed by atoms with van der Waals surface area (Å²) in [7, 11) is 0. The maximum atomic E-state index is 6.33. The van der Waals surface area contributed by atoms with Gasteiger partial charge in [0, 0.05) is 75.5 Å². The zero-order valence-corrected chi connectivity index (χ0v) is 23.2. The van der Waals surface area contributed by atoms with Gasteiger partial charge < -0.3 is 16.0 Å². The topological polar surface area (TPSA) is 79.6 Å². The lowest BCUT2D eigenvalue weighted by atomic mass is 9.92. The standard InChI is InChI=1S/C33H39N5/c1-9-13-30(25-14-12-15-35-20-25)31-19-29(37-22(31)4)18-26-16-27(21-36-32(26)34)24(10-2)17-28(11-3)38-23(5)33(6,7)8/h9-17,19-21,37-38H,1,3,5,18H2,2,4,6-8H3,(H2,34,36)/b24-10+,28-17+,30-13-. The van der Waals surface area contributed by atoms with E-state index in [4.69, 9.17) is 5.73 Å². The summed E-state index contributed by atoms with van der Waals surface area (Å²) in [5, 5.41) is 3.39. The fourth-order valence-corrected chi connectivity index (χ4v) is 4.02. The predicted molar refractivity (Wildman–Crippen MR) is 162 cm³/mol. The maximum absolute atomic E-state index is 6.33. The third-order valence-electron chi connectivity index (χ3n) is 6.38. The van der Waals surface area contributed by atoms with Gasteiger partial charge in [-0.15, -0.1) is 0 Å². The SMILES string of the molecule is C=C/C=C(/c1cccnc1)c1cc(Cc2cc(C(/C=C(\C=C)NC(=C)C(C)(C)C)=C/C)cnc2N)[nH]c1C. The molecule has 0 aliphatic carbocycles. The molecule has 3 rings (SSSR count). The van der Waals surface area contributed by atoms with Gasteiger partial charge in [-0.25, -0.2) is 4.98 Å². The van der Waals surface area contributed by atoms with Gasteiger partial charge >= 0.3 is 0 Å². The molecule has 0 saturated carbocycles. The predicted octanol–water partition coefficient (Wildman–Crippen LogP) is 7.53. The van der Waals surface area contributed by atoms with Crippen molar-refractivity contribution in [1.82, 2.24) is 20.3 Å². The number of aromatic amines is 1. The molecular weight excluding hydrogens is 466 g/mol. The molecule has 196 valence electrons. The zero-order chi connectivity index (χ0) is 27.9. The number of pyridine rings is 2. The average molecular weight is 506 g/mol. The molecule has 0 radical (unpaired) electrons. The number of rotatable bonds is 10. The Bertz CT molecular complexity index is 1410. The Balaban J connectivity index is 1.92. The van der Waals surface area contributed by atoms with Gasteiger partial charge in [0.2, 0.25) is 0 Å². The van der Waals surface area contributed by atoms with Crippen molar-refractivity contribution >= 4 is 17.0 Å². The van der Waals surface area contributed by atoms with Gasteiger partial charge in [-0.3, -0.25) is 4.98 Å². The van der Waals surface area contributed by atoms with Crippen molar-refractivity contribution < 1.29 is 0 Å². The normalized spacial score (nSPS) is 12.8. The van der Waals surface area contributed by atoms with Crippen LogP contribution < -0.4 is 11.1 Å². The van der Waals surface area contributed by atoms with Crippen molar-refractivity contribution in [2.24, 2.45) is 5.41 Å². The van der Waals surface area contributed by atoms with E-state index in [0.29, 0.717) is 12.2 Å². The van der Waals surface area contributed by atoms with Crippen LogP contribution in [0, 0.1) is 12.3 Å². The Morgan fingerprint density at radius 1 is 1.16 bits per heavy atom. The summed E-state index contributed by atoms with van der Waals surface area (Å²) in [5.41, 5.74) is 16.3. The molecule has 0 amide bonds. The molecule has 0 aliphatic heterocycles. The molecule has 0 atom stereocenters. The monoisotopic (exact) mass is 505 g/mol. The van der Waals surface area contributed by atoms with E-state index in [0.717, 1.165) is 56.2 Å². The van der Waals surface area contributed by atoms with Crippen LogP contribution in [-0.4, -0.2) is 15.0 Å². The molecule has 0 aromatic carbocycles. The number of nitrogen functional groups attached to an aromatic ring is 1. The van der Waals surface area contributed by atoms with Crippen LogP contribution in [0.2, 0.25) is 0 Å². The first-order chi connectivity index (χ1) is 18.1. The molecule has 0 unspecified atom stereocenters. The highest BCUT2D eigenvalue weighted by atomic mass is 14.9. The summed E-state index contributed by atoms with van der Waals surface area (Å²) in [5.74, 6) is 0.513. The lowest BCUT2D eigenvalue weighted by Gasteiger charge is -2.24. The zero-order valence-electron chi connectivity index (χ0n) is 23.2. The van der Waals surface area contributed by atoms with E-state index >= 15 is 0 Å². The number of anilines is 1. The molecule has 5 heteroatoms. The smallest absolute Gasteiger partial charge is 0.126 e. The van der Waals surface area contributed by atoms with E-state index in [1.165, 1.54) is 0 Å². The van der Waals surface area contributed by atoms with Crippen molar-refractivity contribution in [3.8, 4) is 0 Å². The van der Waals surface area contributed by atoms with Crippen LogP contribution >= 0.6 is 0 Å². The van der Waals surface area contributed by atoms with Crippen LogP contribution in [0.3, 0.4) is 0 Å². The Labute approximate surface area is 227 Å². The third kappa shape index (κ3) is 6.88. The largest absolute Gasteiger partial charge is 0.383 e. The molecule has 38 heavy (non-hydrogen) atoms. The average Bonchev–Trinajstić information content (AvgIpc) is 3.25. The Morgan fingerprint density at radius 2 is 1.92 bits per heavy atom. The molecule has 0 spiro atoms. The van der Waals surface area contributed by atoms with Crippen LogP contribution in [0.4, 0.5) is 5.82 Å². The highest BCUT2D eigenvalue weighted by molar-refractivity contribution is 5.82. The second-order valence-electron chi connectivity index (χ2n) is 10.2. The minimum Gasteiger partial charge on any atom is -0.383 e. The van der Waals surface area contributed by atoms with E-state index in [1.807, 2.05) is 31.5 Å². The van der Waals surface area contributed by atoms with Crippen molar-refractivity contribution in [1.29, 1.82) is 0 Å². The van der Waals surface area contributed by atoms with Crippen molar-refractivity contribution in [3.05, 3.63) is 138 Å². The number of aryl methyl sites for hydroxylation is 1. The quantitative estimate of drug-likeness (QED) is 0.249. The molecule has 3 aromatic heterocycles. The fraction of sp³-hybridized carbons (Fsp3) is 0.212. The highest BCUT2D eigenvalue weighted by Gasteiger charge is 2.16. The summed E-state index contributed by atoms with van der Waals surface area (Å²) in [6.07, 6.45) is 15.8. The van der Waals surface area contributed by atoms with E-state index < -0.39 is 0 Å². The molecule has 3 aromatic rings. The number of nitrogens with one attached hydrogen (secondary N) is 2. The van der Waals surface area contributed by atoms with Gasteiger partial charge in [0.05, 0.1) is 0 Å². The first-order valence-corrected chi connectivity index (χ1v) is 12.7. The van der Waals surface area contributed by atoms with E-state index in [9.17, 15) is 0 Å². The first-order valence-electron chi connectivity index (χ1n) is 12.7. The number of aromatic nitrogens is 3. The van der Waals surface area contributed by atoms with Gasteiger partial charge in [-0.2, -0.15) is 0 Å². The summed E-state index contributed by atoms with van der Waals surface area (Å²) < 4.78 is 0. The Morgan fingerprint density at radius 3 is 2.53 bits per heavy atom. The lowest BCUT2D eigenvalue weighted by Crippen LogP contribution is -2.22. The number of nitrogens with zero attached hydrogens (tertiary/aromatic N) is 2. The molecular formula is C33H39N5. The summed E-state index contributed by atoms with van der Waals surface area (Å²) in [6.45, 7) is 22.5. The van der Waals surface area contributed by atoms with Gasteiger partial charge in [-0.05, 0) is 55.3 Å². The first kappa shape index (κ1) is 28.2. The van der Waals surface area contributed by atoms with Gasteiger partial charge in [0.15, 0.2) is 0 Å². The number of nitrogens with two attached hydrogens (primary N) is 1. The second-order valence-corrected chi connectivity index (χ2v) is 10.2. The van der Waals surface area contributed by atoms with E-state index in [2.05, 4.69) is 98.1 Å². The fourth-order valence-electron chi connectivity index (χ4n) is 4.02. The van der Waals surface area contributed by atoms with Crippen LogP contribution in [0.25, 0.3) is 11.1 Å². The molecule has 0 saturated heterocycles. The minimum absolute atomic E-state index is 0.0705. The molecule has 4 N–H and O–H groups in total. The molecule has 3 heterocycles. The van der Waals surface area contributed by atoms with E-state index in [-0.39, 0.29) is 5.41 Å². The summed E-state index contributed by atoms with van der Waals surface area (Å²) in [4.78, 5) is 12.3. The van der Waals surface area contributed by atoms with Crippen LogP contribution in [0.1, 0.15) is 61.3 Å². The third-order valence-corrected chi connectivity index (χ3v) is 6.38. The summed E-state index contributed by atoms with van der Waals surface area (Å²) >= 11 is 0. The van der Waals surface area contributed by atoms with Crippen molar-refractivity contribution in [2.45, 2.75) is 41.0 Å². The van der Waals surface area contributed by atoms with Gasteiger partial charge in [0.25, 0.3) is 0 Å². The van der Waals surface area contributed by atoms with E-state index in [1.54, 1.807) is 18.3 Å². The molecule has 5 nitrogen and oxygen atoms in total. The molecule has 0 fully saturated rings. The lowest BCUT2D eigenvalue weighted by molar-refractivity contribution is 0.478. The molecule has 0 bridgehead atoms. The number of allylic oxidation sites excluding steroid dienone is 7. The van der Waals surface area contributed by atoms with Crippen molar-refractivity contribution in [2.75, 3.05) is 5.73 Å². The van der Waals surface area contributed by atoms with Crippen LogP contribution in [0.15, 0.2) is 104 Å². The van der Waals surface area contributed by atoms with Gasteiger partial charge in [-0.1, -0.05) is 64.8 Å². The Hall–Kier alpha value is -4.38. The summed E-state index contributed by atoms with van der Waals surface area (Å²) in [6, 6.07) is 8.25. The number of hydrogen-bond acceptors (Lipinski definition) is 4. The van der Waals surface area contributed by atoms with Crippen molar-refractivity contribution in [3.63, 3.8) is 0 Å². The second kappa shape index (κ2) is 12.2. The minimum atomic E-state index is -0.0705. The van der Waals surface area contributed by atoms with Crippen LogP contribution in [0.5, 0.6) is 0 Å². The highest BCUT2D eigenvalue weighted by Crippen LogP contribution is 2.29. The van der Waals surface area contributed by atoms with Crippen LogP contribution in [-0.2, 0) is 6.42 Å². The maximum Gasteiger partial charge on any atom is 0.126 e. The van der Waals surface area contributed by atoms with Gasteiger partial charge in [0.1, 0.15) is 5.82 Å². The number of hydrogen-bond donors (Lipinski definition) is 3. The number of H-pyrrole nitrogens is 1.